The van der Waals surface area contributed by atoms with E-state index in [2.05, 4.69) is 69.7 Å². The quantitative estimate of drug-likeness (QED) is 0.338. The van der Waals surface area contributed by atoms with Crippen LogP contribution in [-0.2, 0) is 13.5 Å². The van der Waals surface area contributed by atoms with Crippen molar-refractivity contribution in [1.82, 2.24) is 29.4 Å². The highest BCUT2D eigenvalue weighted by Crippen LogP contribution is 2.31. The fraction of sp³-hybridized carbons (Fsp3) is 0.107. The van der Waals surface area contributed by atoms with Crippen molar-refractivity contribution in [2.75, 3.05) is 5.73 Å². The summed E-state index contributed by atoms with van der Waals surface area (Å²) in [7, 11) is 1.90. The molecule has 6 aromatic rings. The highest BCUT2D eigenvalue weighted by molar-refractivity contribution is 7.17. The Labute approximate surface area is 222 Å². The number of imidazole rings is 1. The maximum absolute atomic E-state index is 10.9. The van der Waals surface area contributed by atoms with Gasteiger partial charge in [-0.05, 0) is 30.2 Å². The van der Waals surface area contributed by atoms with Crippen molar-refractivity contribution in [2.45, 2.75) is 13.3 Å². The van der Waals surface area contributed by atoms with Crippen molar-refractivity contribution in [3.05, 3.63) is 95.0 Å². The average molecular weight is 521 g/mol. The van der Waals surface area contributed by atoms with Crippen LogP contribution in [0.25, 0.3) is 27.0 Å². The summed E-state index contributed by atoms with van der Waals surface area (Å²) in [5.74, 6) is 5.94. The van der Waals surface area contributed by atoms with Gasteiger partial charge in [0.05, 0.1) is 11.8 Å². The van der Waals surface area contributed by atoms with E-state index in [1.807, 2.05) is 19.3 Å². The number of pyridine rings is 1. The Morgan fingerprint density at radius 3 is 2.61 bits per heavy atom. The normalized spacial score (nSPS) is 10.6. The van der Waals surface area contributed by atoms with E-state index in [1.165, 1.54) is 21.8 Å². The van der Waals surface area contributed by atoms with Gasteiger partial charge in [-0.25, -0.2) is 14.5 Å². The largest absolute Gasteiger partial charge is 0.382 e. The molecule has 4 N–H and O–H groups in total. The van der Waals surface area contributed by atoms with Crippen LogP contribution in [0.15, 0.2) is 72.5 Å². The Morgan fingerprint density at radius 2 is 1.89 bits per heavy atom. The highest BCUT2D eigenvalue weighted by atomic mass is 32.1. The third-order valence-corrected chi connectivity index (χ3v) is 6.65. The number of nitrogens with zero attached hydrogens (tertiary/aromatic N) is 6. The zero-order valence-electron chi connectivity index (χ0n) is 20.8. The van der Waals surface area contributed by atoms with Gasteiger partial charge in [-0.1, -0.05) is 49.1 Å². The number of benzene rings is 1. The van der Waals surface area contributed by atoms with Gasteiger partial charge in [-0.3, -0.25) is 9.48 Å². The number of carbonyl (C=O) groups is 1. The van der Waals surface area contributed by atoms with Crippen LogP contribution in [0, 0.1) is 11.8 Å². The fourth-order valence-corrected chi connectivity index (χ4v) is 4.86. The lowest BCUT2D eigenvalue weighted by Gasteiger charge is -2.08. The third kappa shape index (κ3) is 4.96. The van der Waals surface area contributed by atoms with E-state index in [-0.39, 0.29) is 11.5 Å². The van der Waals surface area contributed by atoms with Gasteiger partial charge in [0.1, 0.15) is 4.83 Å². The number of primary amides is 1. The zero-order valence-corrected chi connectivity index (χ0v) is 21.6. The molecular weight excluding hydrogens is 496 g/mol. The van der Waals surface area contributed by atoms with Crippen molar-refractivity contribution in [3.8, 4) is 23.0 Å². The Hall–Kier alpha value is -5.01. The van der Waals surface area contributed by atoms with Crippen molar-refractivity contribution in [2.24, 2.45) is 12.8 Å². The molecule has 0 bridgehead atoms. The summed E-state index contributed by atoms with van der Waals surface area (Å²) < 4.78 is 3.08. The smallest absolute Gasteiger partial charge is 0.271 e. The minimum Gasteiger partial charge on any atom is -0.382 e. The predicted molar refractivity (Wildman–Crippen MR) is 150 cm³/mol. The summed E-state index contributed by atoms with van der Waals surface area (Å²) in [4.78, 5) is 20.8. The number of thiophene rings is 1. The van der Waals surface area contributed by atoms with E-state index in [0.29, 0.717) is 5.65 Å². The molecule has 0 aliphatic rings. The number of amides is 1. The maximum atomic E-state index is 10.9. The minimum atomic E-state index is -0.635. The molecule has 0 fully saturated rings. The predicted octanol–water partition coefficient (Wildman–Crippen LogP) is 4.07. The standard InChI is InChI=1S/C21H17N3S.C7H7N5O/c1-3-20-18(16-7-5-4-6-8-16)11-19-17(14-25-21(19)23-20)10-9-15-12-22-24(2)13-15;8-6-5(7(9)13)12-4(11-6)2-1-3-10-12/h4-8,11-14H,3H2,1-2H3;1-3H,8H2,(H2,9,13). The monoisotopic (exact) mass is 520 g/mol. The van der Waals surface area contributed by atoms with Crippen LogP contribution < -0.4 is 11.5 Å². The van der Waals surface area contributed by atoms with Crippen LogP contribution in [0.3, 0.4) is 0 Å². The van der Waals surface area contributed by atoms with Crippen LogP contribution in [0.1, 0.15) is 34.2 Å². The first-order valence-corrected chi connectivity index (χ1v) is 12.7. The molecule has 5 aromatic heterocycles. The second kappa shape index (κ2) is 10.5. The van der Waals surface area contributed by atoms with Crippen LogP contribution in [0.2, 0.25) is 0 Å². The number of anilines is 1. The van der Waals surface area contributed by atoms with Gasteiger partial charge >= 0.3 is 0 Å². The lowest BCUT2D eigenvalue weighted by atomic mass is 10.0. The zero-order chi connectivity index (χ0) is 26.6. The van der Waals surface area contributed by atoms with Gasteiger partial charge in [0.25, 0.3) is 5.91 Å². The van der Waals surface area contributed by atoms with E-state index >= 15 is 0 Å². The lowest BCUT2D eigenvalue weighted by Crippen LogP contribution is -2.16. The third-order valence-electron chi connectivity index (χ3n) is 5.76. The molecule has 0 atom stereocenters. The van der Waals surface area contributed by atoms with Gasteiger partial charge in [0, 0.05) is 47.0 Å². The average Bonchev–Trinajstić information content (AvgIpc) is 3.62. The second-order valence-electron chi connectivity index (χ2n) is 8.36. The molecule has 1 aromatic carbocycles. The molecule has 0 unspecified atom stereocenters. The molecule has 0 aliphatic heterocycles. The van der Waals surface area contributed by atoms with E-state index < -0.39 is 5.91 Å². The van der Waals surface area contributed by atoms with Gasteiger partial charge in [-0.2, -0.15) is 10.2 Å². The van der Waals surface area contributed by atoms with Gasteiger partial charge in [0.15, 0.2) is 17.2 Å². The van der Waals surface area contributed by atoms with Crippen LogP contribution in [-0.4, -0.2) is 35.3 Å². The number of aryl methyl sites for hydroxylation is 2. The minimum absolute atomic E-state index is 0.103. The van der Waals surface area contributed by atoms with E-state index in [9.17, 15) is 4.79 Å². The lowest BCUT2D eigenvalue weighted by molar-refractivity contribution is 0.0994. The molecule has 0 spiro atoms. The summed E-state index contributed by atoms with van der Waals surface area (Å²) in [5.41, 5.74) is 16.7. The second-order valence-corrected chi connectivity index (χ2v) is 9.22. The van der Waals surface area contributed by atoms with Crippen LogP contribution in [0.4, 0.5) is 5.82 Å². The molecule has 10 heteroatoms. The molecule has 5 heterocycles. The first-order chi connectivity index (χ1) is 18.4. The highest BCUT2D eigenvalue weighted by Gasteiger charge is 2.14. The molecule has 0 radical (unpaired) electrons. The Balaban J connectivity index is 0.000000190. The number of nitrogens with two attached hydrogens (primary N) is 2. The summed E-state index contributed by atoms with van der Waals surface area (Å²) in [6.07, 6.45) is 6.14. The number of hydrogen-bond donors (Lipinski definition) is 2. The molecule has 6 rings (SSSR count). The topological polar surface area (TPSA) is 130 Å². The number of fused-ring (bicyclic) bond motifs is 2. The number of aromatic nitrogens is 6. The first kappa shape index (κ1) is 24.7. The Kier molecular flexibility index (Phi) is 6.84. The van der Waals surface area contributed by atoms with Crippen molar-refractivity contribution < 1.29 is 4.79 Å². The molecule has 38 heavy (non-hydrogen) atoms. The van der Waals surface area contributed by atoms with E-state index in [4.69, 9.17) is 16.5 Å². The number of carbonyl (C=O) groups excluding carboxylic acids is 1. The Morgan fingerprint density at radius 1 is 1.08 bits per heavy atom. The number of rotatable bonds is 3. The van der Waals surface area contributed by atoms with Crippen molar-refractivity contribution in [1.29, 1.82) is 0 Å². The molecule has 1 amide bonds. The summed E-state index contributed by atoms with van der Waals surface area (Å²) >= 11 is 1.65. The molecule has 0 saturated carbocycles. The fourth-order valence-electron chi connectivity index (χ4n) is 3.99. The summed E-state index contributed by atoms with van der Waals surface area (Å²) in [6.45, 7) is 2.15. The molecule has 9 nitrogen and oxygen atoms in total. The molecule has 0 aliphatic carbocycles. The van der Waals surface area contributed by atoms with Crippen LogP contribution in [0.5, 0.6) is 0 Å². The number of hydrogen-bond acceptors (Lipinski definition) is 7. The van der Waals surface area contributed by atoms with Crippen LogP contribution >= 0.6 is 11.3 Å². The first-order valence-electron chi connectivity index (χ1n) is 11.8. The maximum Gasteiger partial charge on any atom is 0.271 e. The van der Waals surface area contributed by atoms with Crippen molar-refractivity contribution >= 4 is 38.9 Å². The van der Waals surface area contributed by atoms with E-state index in [1.54, 1.807) is 34.3 Å². The van der Waals surface area contributed by atoms with Gasteiger partial charge < -0.3 is 11.5 Å². The Bertz CT molecular complexity index is 1820. The summed E-state index contributed by atoms with van der Waals surface area (Å²) in [5, 5.41) is 11.3. The summed E-state index contributed by atoms with van der Waals surface area (Å²) in [6, 6.07) is 16.1. The molecular formula is C28H24N8OS. The van der Waals surface area contributed by atoms with Gasteiger partial charge in [0.2, 0.25) is 0 Å². The SMILES string of the molecule is CCc1nc2scc(C#Cc3cnn(C)c3)c2cc1-c1ccccc1.NC(=O)c1c(N)nc2cccnn12. The van der Waals surface area contributed by atoms with Gasteiger partial charge in [-0.15, -0.1) is 11.3 Å². The van der Waals surface area contributed by atoms with Crippen molar-refractivity contribution in [3.63, 3.8) is 0 Å². The molecule has 0 saturated heterocycles. The molecule has 188 valence electrons. The van der Waals surface area contributed by atoms with E-state index in [0.717, 1.165) is 33.5 Å². The number of nitrogen functional groups attached to an aromatic ring is 1.